The van der Waals surface area contributed by atoms with Crippen LogP contribution in [-0.4, -0.2) is 15.0 Å². The summed E-state index contributed by atoms with van der Waals surface area (Å²) >= 11 is 10.9. The average Bonchev–Trinajstić information content (AvgIpc) is 2.97. The Bertz CT molecular complexity index is 635. The highest BCUT2D eigenvalue weighted by atomic mass is 35.5. The second-order valence-electron chi connectivity index (χ2n) is 3.16. The van der Waals surface area contributed by atoms with Gasteiger partial charge in [0.05, 0.1) is 5.75 Å². The van der Waals surface area contributed by atoms with E-state index < -0.39 is 0 Å². The third-order valence-corrected chi connectivity index (χ3v) is 5.12. The van der Waals surface area contributed by atoms with Gasteiger partial charge in [-0.1, -0.05) is 23.4 Å². The van der Waals surface area contributed by atoms with Gasteiger partial charge in [-0.2, -0.15) is 0 Å². The van der Waals surface area contributed by atoms with Crippen molar-refractivity contribution in [1.29, 1.82) is 0 Å². The molecule has 17 heavy (non-hydrogen) atoms. The largest absolute Gasteiger partial charge is 0.238 e. The molecular formula is C10H6ClN3S3. The van der Waals surface area contributed by atoms with Gasteiger partial charge in [0.15, 0.2) is 0 Å². The predicted octanol–water partition coefficient (Wildman–Crippen LogP) is 4.09. The molecule has 3 heterocycles. The minimum absolute atomic E-state index is 0.533. The van der Waals surface area contributed by atoms with Crippen LogP contribution in [0.5, 0.6) is 0 Å². The number of thiazole rings is 1. The van der Waals surface area contributed by atoms with Gasteiger partial charge in [-0.3, -0.25) is 0 Å². The van der Waals surface area contributed by atoms with Crippen molar-refractivity contribution in [3.63, 3.8) is 0 Å². The first-order chi connectivity index (χ1) is 8.33. The maximum atomic E-state index is 6.10. The summed E-state index contributed by atoms with van der Waals surface area (Å²) < 4.78 is 1.02. The Morgan fingerprint density at radius 3 is 3.00 bits per heavy atom. The number of halogens is 1. The van der Waals surface area contributed by atoms with Gasteiger partial charge in [0.25, 0.3) is 0 Å². The molecule has 0 aromatic carbocycles. The summed E-state index contributed by atoms with van der Waals surface area (Å²) in [6.07, 6.45) is 1.79. The summed E-state index contributed by atoms with van der Waals surface area (Å²) in [6, 6.07) is 1.94. The highest BCUT2D eigenvalue weighted by molar-refractivity contribution is 8.00. The molecule has 0 N–H and O–H groups in total. The minimum Gasteiger partial charge on any atom is -0.238 e. The van der Waals surface area contributed by atoms with Crippen molar-refractivity contribution in [2.45, 2.75) is 10.1 Å². The van der Waals surface area contributed by atoms with E-state index in [0.29, 0.717) is 10.9 Å². The van der Waals surface area contributed by atoms with Crippen LogP contribution in [0.1, 0.15) is 5.82 Å². The van der Waals surface area contributed by atoms with E-state index in [1.807, 2.05) is 16.8 Å². The van der Waals surface area contributed by atoms with Crippen LogP contribution in [0.2, 0.25) is 5.15 Å². The molecule has 0 unspecified atom stereocenters. The van der Waals surface area contributed by atoms with Crippen LogP contribution >= 0.6 is 46.0 Å². The van der Waals surface area contributed by atoms with Gasteiger partial charge in [-0.15, -0.1) is 22.7 Å². The van der Waals surface area contributed by atoms with Crippen molar-refractivity contribution < 1.29 is 0 Å². The Balaban J connectivity index is 1.85. The standard InChI is InChI=1S/C10H6ClN3S3/c11-8-6-1-3-15-9(6)14-7(13-8)5-17-10-12-2-4-16-10/h1-4H,5H2. The first kappa shape index (κ1) is 11.4. The average molecular weight is 300 g/mol. The predicted molar refractivity (Wildman–Crippen MR) is 74.1 cm³/mol. The van der Waals surface area contributed by atoms with Crippen LogP contribution in [0.3, 0.4) is 0 Å². The molecule has 0 spiro atoms. The van der Waals surface area contributed by atoms with Gasteiger partial charge in [0.1, 0.15) is 20.1 Å². The third-order valence-electron chi connectivity index (χ3n) is 2.06. The Kier molecular flexibility index (Phi) is 3.28. The number of thioether (sulfide) groups is 1. The molecule has 0 atom stereocenters. The summed E-state index contributed by atoms with van der Waals surface area (Å²) in [5.41, 5.74) is 0. The number of hydrogen-bond donors (Lipinski definition) is 0. The zero-order valence-corrected chi connectivity index (χ0v) is 11.7. The smallest absolute Gasteiger partial charge is 0.150 e. The van der Waals surface area contributed by atoms with Crippen molar-refractivity contribution in [3.8, 4) is 0 Å². The monoisotopic (exact) mass is 299 g/mol. The summed E-state index contributed by atoms with van der Waals surface area (Å²) in [5, 5.41) is 5.40. The molecule has 3 aromatic rings. The van der Waals surface area contributed by atoms with Crippen molar-refractivity contribution in [1.82, 2.24) is 15.0 Å². The van der Waals surface area contributed by atoms with E-state index in [-0.39, 0.29) is 0 Å². The Labute approximate surface area is 115 Å². The molecule has 0 amide bonds. The number of rotatable bonds is 3. The van der Waals surface area contributed by atoms with E-state index in [1.165, 1.54) is 0 Å². The van der Waals surface area contributed by atoms with E-state index >= 15 is 0 Å². The van der Waals surface area contributed by atoms with Crippen LogP contribution in [0.15, 0.2) is 27.4 Å². The fraction of sp³-hybridized carbons (Fsp3) is 0.100. The lowest BCUT2D eigenvalue weighted by atomic mass is 10.4. The van der Waals surface area contributed by atoms with Crippen LogP contribution in [-0.2, 0) is 5.75 Å². The molecule has 0 aliphatic carbocycles. The first-order valence-electron chi connectivity index (χ1n) is 4.75. The van der Waals surface area contributed by atoms with E-state index in [0.717, 1.165) is 20.4 Å². The molecule has 0 bridgehead atoms. The second kappa shape index (κ2) is 4.89. The summed E-state index contributed by atoms with van der Waals surface area (Å²) in [4.78, 5) is 13.9. The van der Waals surface area contributed by atoms with E-state index in [1.54, 1.807) is 40.6 Å². The molecule has 7 heteroatoms. The molecule has 0 saturated carbocycles. The molecule has 0 radical (unpaired) electrons. The lowest BCUT2D eigenvalue weighted by molar-refractivity contribution is 1.07. The van der Waals surface area contributed by atoms with Crippen LogP contribution in [0.25, 0.3) is 10.2 Å². The van der Waals surface area contributed by atoms with Gasteiger partial charge in [-0.05, 0) is 11.4 Å². The number of thiophene rings is 1. The Hall–Kier alpha value is -0.690. The molecular weight excluding hydrogens is 294 g/mol. The molecule has 0 saturated heterocycles. The number of aromatic nitrogens is 3. The quantitative estimate of drug-likeness (QED) is 0.539. The summed E-state index contributed by atoms with van der Waals surface area (Å²) in [5.74, 6) is 1.45. The van der Waals surface area contributed by atoms with Crippen LogP contribution in [0, 0.1) is 0 Å². The highest BCUT2D eigenvalue weighted by Gasteiger charge is 2.08. The zero-order chi connectivity index (χ0) is 11.7. The molecule has 86 valence electrons. The lowest BCUT2D eigenvalue weighted by Crippen LogP contribution is -1.92. The van der Waals surface area contributed by atoms with Crippen molar-refractivity contribution >= 4 is 56.3 Å². The van der Waals surface area contributed by atoms with Crippen LogP contribution < -0.4 is 0 Å². The molecule has 3 nitrogen and oxygen atoms in total. The van der Waals surface area contributed by atoms with Gasteiger partial charge in [0, 0.05) is 17.0 Å². The van der Waals surface area contributed by atoms with Crippen LogP contribution in [0.4, 0.5) is 0 Å². The molecule has 0 aliphatic heterocycles. The first-order valence-corrected chi connectivity index (χ1v) is 7.87. The molecule has 0 aliphatic rings. The maximum Gasteiger partial charge on any atom is 0.150 e. The van der Waals surface area contributed by atoms with Crippen molar-refractivity contribution in [2.24, 2.45) is 0 Å². The van der Waals surface area contributed by atoms with E-state index in [4.69, 9.17) is 11.6 Å². The third kappa shape index (κ3) is 2.44. The molecule has 3 aromatic heterocycles. The topological polar surface area (TPSA) is 38.7 Å². The SMILES string of the molecule is Clc1nc(CSc2nccs2)nc2sccc12. The van der Waals surface area contributed by atoms with Gasteiger partial charge in [-0.25, -0.2) is 15.0 Å². The summed E-state index contributed by atoms with van der Waals surface area (Å²) in [6.45, 7) is 0. The molecule has 3 rings (SSSR count). The Morgan fingerprint density at radius 1 is 1.24 bits per heavy atom. The summed E-state index contributed by atoms with van der Waals surface area (Å²) in [7, 11) is 0. The Morgan fingerprint density at radius 2 is 2.18 bits per heavy atom. The normalized spacial score (nSPS) is 11.1. The highest BCUT2D eigenvalue weighted by Crippen LogP contribution is 2.28. The second-order valence-corrected chi connectivity index (χ2v) is 6.53. The number of hydrogen-bond acceptors (Lipinski definition) is 6. The lowest BCUT2D eigenvalue weighted by Gasteiger charge is -1.99. The van der Waals surface area contributed by atoms with Crippen molar-refractivity contribution in [2.75, 3.05) is 0 Å². The minimum atomic E-state index is 0.533. The van der Waals surface area contributed by atoms with E-state index in [9.17, 15) is 0 Å². The van der Waals surface area contributed by atoms with Gasteiger partial charge < -0.3 is 0 Å². The molecule has 0 fully saturated rings. The van der Waals surface area contributed by atoms with E-state index in [2.05, 4.69) is 15.0 Å². The fourth-order valence-corrected chi connectivity index (χ4v) is 3.91. The van der Waals surface area contributed by atoms with Gasteiger partial charge >= 0.3 is 0 Å². The maximum absolute atomic E-state index is 6.10. The zero-order valence-electron chi connectivity index (χ0n) is 8.46. The fourth-order valence-electron chi connectivity index (χ4n) is 1.33. The van der Waals surface area contributed by atoms with Gasteiger partial charge in [0.2, 0.25) is 0 Å². The van der Waals surface area contributed by atoms with Crippen molar-refractivity contribution in [3.05, 3.63) is 34.0 Å². The number of fused-ring (bicyclic) bond motifs is 1. The number of nitrogens with zero attached hydrogens (tertiary/aromatic N) is 3.